The molecule has 0 saturated heterocycles. The topological polar surface area (TPSA) is 13.1 Å². The minimum Gasteiger partial charge on any atom is -0.455 e. The monoisotopic (exact) mass is 1930 g/mol. The van der Waals surface area contributed by atoms with Gasteiger partial charge in [0.05, 0.1) is 0 Å². The van der Waals surface area contributed by atoms with Crippen LogP contribution in [0.1, 0.15) is 0 Å². The molecule has 28 aromatic carbocycles. The van der Waals surface area contributed by atoms with Crippen molar-refractivity contribution in [1.29, 1.82) is 0 Å². The zero-order valence-electron chi connectivity index (χ0n) is 80.3. The number of rotatable bonds is 9. The fourth-order valence-corrected chi connectivity index (χ4v) is 28.3. The van der Waals surface area contributed by atoms with Crippen LogP contribution in [0.15, 0.2) is 526 Å². The average molecular weight is 1930 g/mol. The van der Waals surface area contributed by atoms with Crippen molar-refractivity contribution in [2.75, 3.05) is 0 Å². The third-order valence-electron chi connectivity index (χ3n) is 31.1. The van der Waals surface area contributed by atoms with E-state index in [0.717, 1.165) is 38.6 Å². The maximum atomic E-state index is 6.76. The van der Waals surface area contributed by atoms with E-state index in [1.807, 2.05) is 34.0 Å². The first-order valence-corrected chi connectivity index (χ1v) is 53.3. The number of fused-ring (bicyclic) bond motifs is 33. The van der Waals surface area contributed by atoms with Gasteiger partial charge in [0.25, 0.3) is 0 Å². The van der Waals surface area contributed by atoms with Crippen molar-refractivity contribution in [1.82, 2.24) is 0 Å². The molecule has 148 heavy (non-hydrogen) atoms. The molecule has 0 aliphatic heterocycles. The van der Waals surface area contributed by atoms with Crippen molar-refractivity contribution >= 4 is 246 Å². The van der Waals surface area contributed by atoms with Gasteiger partial charge in [0.1, 0.15) is 11.2 Å². The second-order valence-electron chi connectivity index (χ2n) is 39.2. The van der Waals surface area contributed by atoms with Gasteiger partial charge in [0.2, 0.25) is 0 Å². The number of hydrogen-bond donors (Lipinski definition) is 0. The predicted molar refractivity (Wildman–Crippen MR) is 644 cm³/mol. The summed E-state index contributed by atoms with van der Waals surface area (Å²) in [5.74, 6) is 0. The highest BCUT2D eigenvalue weighted by Crippen LogP contribution is 2.55. The minimum atomic E-state index is 0.936. The van der Waals surface area contributed by atoms with Crippen molar-refractivity contribution in [3.8, 4) is 100 Å². The molecule has 0 amide bonds. The van der Waals surface area contributed by atoms with Crippen LogP contribution in [-0.4, -0.2) is 0 Å². The van der Waals surface area contributed by atoms with E-state index in [-0.39, 0.29) is 0 Å². The molecule has 0 bridgehead atoms. The van der Waals surface area contributed by atoms with Gasteiger partial charge >= 0.3 is 0 Å². The predicted octanol–water partition coefficient (Wildman–Crippen LogP) is 42.9. The molecule has 686 valence electrons. The highest BCUT2D eigenvalue weighted by Gasteiger charge is 2.27. The van der Waals surface area contributed by atoms with E-state index in [0.29, 0.717) is 0 Å². The van der Waals surface area contributed by atoms with Crippen molar-refractivity contribution in [2.45, 2.75) is 0 Å². The molecule has 0 saturated carbocycles. The molecule has 0 fully saturated rings. The molecule has 4 aromatic heterocycles. The third-order valence-corrected chi connectivity index (χ3v) is 34.7. The molecule has 0 N–H and O–H groups in total. The van der Waals surface area contributed by atoms with Crippen LogP contribution in [-0.2, 0) is 0 Å². The fourth-order valence-electron chi connectivity index (χ4n) is 24.4. The minimum absolute atomic E-state index is 0.936. The maximum Gasteiger partial charge on any atom is 0.143 e. The second kappa shape index (κ2) is 34.8. The Morgan fingerprint density at radius 2 is 0.385 bits per heavy atom. The molecule has 0 aliphatic carbocycles. The number of hydrogen-bond acceptors (Lipinski definition) is 4. The molecule has 0 aliphatic rings. The van der Waals surface area contributed by atoms with Crippen molar-refractivity contribution < 1.29 is 4.42 Å². The summed E-state index contributed by atoms with van der Waals surface area (Å²) in [4.78, 5) is 0. The van der Waals surface area contributed by atoms with Gasteiger partial charge in [-0.2, -0.15) is 0 Å². The van der Waals surface area contributed by atoms with Gasteiger partial charge in [0, 0.05) is 98.6 Å². The van der Waals surface area contributed by atoms with Gasteiger partial charge in [-0.25, -0.2) is 0 Å². The largest absolute Gasteiger partial charge is 0.455 e. The van der Waals surface area contributed by atoms with Crippen LogP contribution in [0.5, 0.6) is 0 Å². The SMILES string of the molecule is c1ccc(-c2ccc3c(c2)c2ccccc2c2c4ccc(-c5c6ccccc6c(-c6ccc7ccccc7c6)c6ccccc56)cc4sc32)cc1.c1ccc(-c2ccc3c(c2)c2ccccc2c2c4ccc(-c5c6ccccc6c(-c6cccc7ccccc67)c6ccccc56)cc4sc32)cc1.c1ccc(-c2ccc3c(c2)c2ccccc2c2c4ccc(-c5cccc6c5oc5c(-c7ccccc7)cccc56)cc4sc32)cc1. The van der Waals surface area contributed by atoms with E-state index in [1.54, 1.807) is 0 Å². The Bertz CT molecular complexity index is 11000. The van der Waals surface area contributed by atoms with Gasteiger partial charge in [-0.05, 0) is 245 Å². The lowest BCUT2D eigenvalue weighted by Gasteiger charge is -2.18. The van der Waals surface area contributed by atoms with Gasteiger partial charge < -0.3 is 4.42 Å². The zero-order chi connectivity index (χ0) is 97.1. The fraction of sp³-hybridized carbons (Fsp3) is 0. The van der Waals surface area contributed by atoms with Crippen LogP contribution in [0.3, 0.4) is 0 Å². The summed E-state index contributed by atoms with van der Waals surface area (Å²) in [5.41, 5.74) is 24.2. The Morgan fingerprint density at radius 3 is 0.784 bits per heavy atom. The van der Waals surface area contributed by atoms with E-state index < -0.39 is 0 Å². The third kappa shape index (κ3) is 13.8. The van der Waals surface area contributed by atoms with Crippen LogP contribution >= 0.6 is 34.0 Å². The van der Waals surface area contributed by atoms with Crippen LogP contribution in [0, 0.1) is 0 Å². The number of para-hydroxylation sites is 2. The van der Waals surface area contributed by atoms with Gasteiger partial charge in [0.15, 0.2) is 0 Å². The Labute approximate surface area is 864 Å². The average Bonchev–Trinajstić information content (AvgIpc) is 1.48. The van der Waals surface area contributed by atoms with Crippen molar-refractivity contribution in [3.05, 3.63) is 522 Å². The van der Waals surface area contributed by atoms with Crippen molar-refractivity contribution in [2.24, 2.45) is 0 Å². The lowest BCUT2D eigenvalue weighted by atomic mass is 9.84. The normalized spacial score (nSPS) is 11.9. The van der Waals surface area contributed by atoms with E-state index in [1.165, 1.54) is 273 Å². The lowest BCUT2D eigenvalue weighted by Crippen LogP contribution is -1.91. The molecule has 0 unspecified atom stereocenters. The molecule has 0 atom stereocenters. The number of thiophene rings is 3. The van der Waals surface area contributed by atoms with E-state index in [4.69, 9.17) is 4.42 Å². The van der Waals surface area contributed by atoms with E-state index in [2.05, 4.69) is 522 Å². The smallest absolute Gasteiger partial charge is 0.143 e. The van der Waals surface area contributed by atoms with Crippen molar-refractivity contribution in [3.63, 3.8) is 0 Å². The Morgan fingerprint density at radius 1 is 0.122 bits per heavy atom. The van der Waals surface area contributed by atoms with Crippen LogP contribution in [0.4, 0.5) is 0 Å². The van der Waals surface area contributed by atoms with E-state index >= 15 is 0 Å². The Kier molecular flexibility index (Phi) is 20.1. The lowest BCUT2D eigenvalue weighted by molar-refractivity contribution is 0.671. The molecule has 1 nitrogen and oxygen atoms in total. The molecule has 32 aromatic rings. The summed E-state index contributed by atoms with van der Waals surface area (Å²) in [5, 5.41) is 41.4. The molecule has 32 rings (SSSR count). The molecular formula is C144H86OS3. The van der Waals surface area contributed by atoms with Gasteiger partial charge in [-0.1, -0.05) is 479 Å². The van der Waals surface area contributed by atoms with E-state index in [9.17, 15) is 0 Å². The maximum absolute atomic E-state index is 6.76. The van der Waals surface area contributed by atoms with Gasteiger partial charge in [-0.3, -0.25) is 0 Å². The number of furan rings is 1. The first kappa shape index (κ1) is 85.3. The summed E-state index contributed by atoms with van der Waals surface area (Å²) in [6.45, 7) is 0. The summed E-state index contributed by atoms with van der Waals surface area (Å²) in [6.07, 6.45) is 0. The number of benzene rings is 28. The molecule has 4 heterocycles. The first-order chi connectivity index (χ1) is 73.4. The zero-order valence-corrected chi connectivity index (χ0v) is 82.7. The molecule has 0 radical (unpaired) electrons. The summed E-state index contributed by atoms with van der Waals surface area (Å²) in [6, 6.07) is 192. The Balaban J connectivity index is 0.000000103. The quantitative estimate of drug-likeness (QED) is 0.104. The standard InChI is InChI=1S/2C50H30S.C44H26OS/c1-2-13-31(14-3-1)33-25-27-43-45(29-33)36-18-6-7-19-38(36)49-44-28-26-34(30-46(44)51-50(43)49)47-39-20-8-10-22-41(39)48(42-23-11-9-21-40(42)47)37-24-12-16-32-15-4-5-17-35(32)37;1-2-12-31(13-3-1)34-24-26-43-45(29-34)37-16-6-7-17-38(37)49-44-27-25-36(30-46(44)51-50(43)49)48-41-20-10-8-18-39(41)47(40-19-9-11-21-42(40)48)35-23-22-32-14-4-5-15-33(32)28-35;1-3-11-27(12-4-1)29-21-23-37-39(25-29)33-15-7-8-16-34(33)41-38-24-22-30(26-40(38)46-44(37)41)32-18-10-20-36-35-19-9-17-31(42(35)45-43(32)36)28-13-5-2-6-14-28/h2*1-30H;1-26H. The molecule has 4 heteroatoms. The van der Waals surface area contributed by atoms with Gasteiger partial charge in [-0.15, -0.1) is 34.0 Å². The summed E-state index contributed by atoms with van der Waals surface area (Å²) >= 11 is 5.75. The summed E-state index contributed by atoms with van der Waals surface area (Å²) in [7, 11) is 0. The summed E-state index contributed by atoms with van der Waals surface area (Å²) < 4.78 is 14.7. The highest BCUT2D eigenvalue weighted by molar-refractivity contribution is 7.28. The van der Waals surface area contributed by atoms with Crippen LogP contribution < -0.4 is 0 Å². The van der Waals surface area contributed by atoms with Crippen LogP contribution in [0.25, 0.3) is 312 Å². The first-order valence-electron chi connectivity index (χ1n) is 50.9. The molecule has 0 spiro atoms. The Hall–Kier alpha value is -18.3. The van der Waals surface area contributed by atoms with Crippen LogP contribution in [0.2, 0.25) is 0 Å². The highest BCUT2D eigenvalue weighted by atomic mass is 32.1. The second-order valence-corrected chi connectivity index (χ2v) is 42.3. The molecular weight excluding hydrogens is 1840 g/mol.